The third-order valence-corrected chi connectivity index (χ3v) is 6.39. The molecule has 0 aliphatic carbocycles. The van der Waals surface area contributed by atoms with Gasteiger partial charge in [0.1, 0.15) is 10.6 Å². The predicted octanol–water partition coefficient (Wildman–Crippen LogP) is 4.10. The minimum atomic E-state index is -3.61. The minimum Gasteiger partial charge on any atom is -0.268 e. The molecule has 2 aromatic heterocycles. The Hall–Kier alpha value is -1.96. The van der Waals surface area contributed by atoms with Crippen molar-refractivity contribution in [2.75, 3.05) is 6.54 Å². The lowest BCUT2D eigenvalue weighted by molar-refractivity contribution is 0.532. The average molecular weight is 390 g/mol. The second kappa shape index (κ2) is 8.16. The molecule has 0 saturated carbocycles. The highest BCUT2D eigenvalue weighted by molar-refractivity contribution is 7.89. The van der Waals surface area contributed by atoms with E-state index >= 15 is 0 Å². The van der Waals surface area contributed by atoms with Gasteiger partial charge in [-0.25, -0.2) is 13.1 Å². The first-order chi connectivity index (χ1) is 12.5. The molecule has 26 heavy (non-hydrogen) atoms. The molecule has 2 heterocycles. The van der Waals surface area contributed by atoms with Crippen LogP contribution in [0.25, 0.3) is 10.6 Å². The Morgan fingerprint density at radius 2 is 1.92 bits per heavy atom. The molecule has 1 aromatic carbocycles. The first-order valence-electron chi connectivity index (χ1n) is 8.64. The van der Waals surface area contributed by atoms with Gasteiger partial charge < -0.3 is 0 Å². The van der Waals surface area contributed by atoms with Crippen molar-refractivity contribution in [2.24, 2.45) is 0 Å². The second-order valence-corrected chi connectivity index (χ2v) is 9.06. The number of hydrogen-bond donors (Lipinski definition) is 1. The number of thiophene rings is 1. The van der Waals surface area contributed by atoms with Crippen molar-refractivity contribution < 1.29 is 8.42 Å². The van der Waals surface area contributed by atoms with Crippen molar-refractivity contribution in [1.82, 2.24) is 14.5 Å². The van der Waals surface area contributed by atoms with Gasteiger partial charge in [-0.2, -0.15) is 5.10 Å². The summed E-state index contributed by atoms with van der Waals surface area (Å²) >= 11 is 1.49. The maximum absolute atomic E-state index is 12.8. The van der Waals surface area contributed by atoms with Gasteiger partial charge in [-0.05, 0) is 43.7 Å². The van der Waals surface area contributed by atoms with Crippen LogP contribution in [0, 0.1) is 0 Å². The Bertz CT molecular complexity index is 931. The third kappa shape index (κ3) is 4.41. The lowest BCUT2D eigenvalue weighted by Crippen LogP contribution is -2.25. The fourth-order valence-electron chi connectivity index (χ4n) is 2.64. The van der Waals surface area contributed by atoms with Crippen LogP contribution in [-0.2, 0) is 16.4 Å². The molecule has 7 heteroatoms. The highest BCUT2D eigenvalue weighted by Gasteiger charge is 2.24. The number of sulfonamides is 1. The van der Waals surface area contributed by atoms with Crippen LogP contribution in [0.15, 0.2) is 58.9 Å². The summed E-state index contributed by atoms with van der Waals surface area (Å²) in [4.78, 5) is 1.10. The normalized spacial score (nSPS) is 12.0. The maximum Gasteiger partial charge on any atom is 0.244 e. The molecule has 0 fully saturated rings. The maximum atomic E-state index is 12.8. The molecule has 0 atom stereocenters. The van der Waals surface area contributed by atoms with E-state index in [9.17, 15) is 8.42 Å². The average Bonchev–Trinajstić information content (AvgIpc) is 3.29. The summed E-state index contributed by atoms with van der Waals surface area (Å²) in [5.41, 5.74) is 1.72. The second-order valence-electron chi connectivity index (χ2n) is 6.38. The van der Waals surface area contributed by atoms with Gasteiger partial charge in [0.15, 0.2) is 0 Å². The van der Waals surface area contributed by atoms with Crippen molar-refractivity contribution in [1.29, 1.82) is 0 Å². The Labute approximate surface area is 158 Å². The van der Waals surface area contributed by atoms with Gasteiger partial charge in [-0.15, -0.1) is 11.3 Å². The van der Waals surface area contributed by atoms with E-state index in [1.807, 2.05) is 49.6 Å². The number of nitrogens with one attached hydrogen (secondary N) is 1. The molecule has 0 amide bonds. The highest BCUT2D eigenvalue weighted by Crippen LogP contribution is 2.30. The topological polar surface area (TPSA) is 64.0 Å². The molecule has 0 unspecified atom stereocenters. The van der Waals surface area contributed by atoms with Gasteiger partial charge in [0.25, 0.3) is 0 Å². The van der Waals surface area contributed by atoms with E-state index in [1.54, 1.807) is 10.9 Å². The zero-order chi connectivity index (χ0) is 18.6. The Morgan fingerprint density at radius 3 is 2.58 bits per heavy atom. The van der Waals surface area contributed by atoms with Crippen molar-refractivity contribution >= 4 is 21.4 Å². The molecule has 1 N–H and O–H groups in total. The number of aromatic nitrogens is 2. The molecule has 3 rings (SSSR count). The minimum absolute atomic E-state index is 0.0933. The lowest BCUT2D eigenvalue weighted by Gasteiger charge is -2.06. The quantitative estimate of drug-likeness (QED) is 0.590. The largest absolute Gasteiger partial charge is 0.268 e. The summed E-state index contributed by atoms with van der Waals surface area (Å²) < 4.78 is 30.1. The van der Waals surface area contributed by atoms with Crippen molar-refractivity contribution in [2.45, 2.75) is 37.6 Å². The summed E-state index contributed by atoms with van der Waals surface area (Å²) in [7, 11) is -3.61. The Morgan fingerprint density at radius 1 is 1.15 bits per heavy atom. The van der Waals surface area contributed by atoms with Gasteiger partial charge in [-0.3, -0.25) is 4.68 Å². The van der Waals surface area contributed by atoms with Gasteiger partial charge in [0, 0.05) is 18.8 Å². The van der Waals surface area contributed by atoms with Gasteiger partial charge >= 0.3 is 0 Å². The molecule has 0 bridgehead atoms. The first kappa shape index (κ1) is 18.8. The van der Waals surface area contributed by atoms with Crippen LogP contribution in [0.3, 0.4) is 0 Å². The molecule has 0 aliphatic rings. The van der Waals surface area contributed by atoms with Crippen LogP contribution in [0.5, 0.6) is 0 Å². The van der Waals surface area contributed by atoms with E-state index in [0.29, 0.717) is 12.2 Å². The number of aryl methyl sites for hydroxylation is 1. The summed E-state index contributed by atoms with van der Waals surface area (Å²) in [6, 6.07) is 14.0. The molecule has 138 valence electrons. The van der Waals surface area contributed by atoms with E-state index in [4.69, 9.17) is 0 Å². The van der Waals surface area contributed by atoms with Crippen molar-refractivity contribution in [3.05, 3.63) is 59.6 Å². The van der Waals surface area contributed by atoms with Crippen LogP contribution in [0.1, 0.15) is 31.9 Å². The fourth-order valence-corrected chi connectivity index (χ4v) is 4.65. The van der Waals surface area contributed by atoms with Crippen molar-refractivity contribution in [3.8, 4) is 10.6 Å². The van der Waals surface area contributed by atoms with Crippen LogP contribution in [0.2, 0.25) is 0 Å². The number of nitrogens with zero attached hydrogens (tertiary/aromatic N) is 2. The zero-order valence-electron chi connectivity index (χ0n) is 14.9. The highest BCUT2D eigenvalue weighted by atomic mass is 32.2. The van der Waals surface area contributed by atoms with E-state index in [2.05, 4.69) is 22.0 Å². The molecule has 0 aliphatic heterocycles. The van der Waals surface area contributed by atoms with Crippen LogP contribution >= 0.6 is 11.3 Å². The summed E-state index contributed by atoms with van der Waals surface area (Å²) in [5, 5.41) is 6.43. The van der Waals surface area contributed by atoms with Gasteiger partial charge in [0.05, 0.1) is 4.88 Å². The van der Waals surface area contributed by atoms with Gasteiger partial charge in [-0.1, -0.05) is 36.4 Å². The molecule has 0 saturated heterocycles. The number of rotatable bonds is 8. The lowest BCUT2D eigenvalue weighted by atomic mass is 10.1. The monoisotopic (exact) mass is 389 g/mol. The summed E-state index contributed by atoms with van der Waals surface area (Å²) in [6.45, 7) is 4.36. The van der Waals surface area contributed by atoms with E-state index in [-0.39, 0.29) is 10.9 Å². The van der Waals surface area contributed by atoms with Crippen molar-refractivity contribution in [3.63, 3.8) is 0 Å². The summed E-state index contributed by atoms with van der Waals surface area (Å²) in [5.74, 6) is 0. The van der Waals surface area contributed by atoms with Crippen LogP contribution < -0.4 is 4.72 Å². The smallest absolute Gasteiger partial charge is 0.244 e. The summed E-state index contributed by atoms with van der Waals surface area (Å²) in [6.07, 6.45) is 3.21. The molecular weight excluding hydrogens is 366 g/mol. The molecule has 3 aromatic rings. The van der Waals surface area contributed by atoms with E-state index in [0.717, 1.165) is 17.7 Å². The standard InChI is InChI=1S/C19H23N3O2S2/c1-15(2)22-14-18(19(21-22)17-11-7-13-25-17)26(23,24)20-12-6-10-16-8-4-3-5-9-16/h3-5,7-9,11,13-15,20H,6,10,12H2,1-2H3. The first-order valence-corrected chi connectivity index (χ1v) is 11.0. The third-order valence-electron chi connectivity index (χ3n) is 4.05. The van der Waals surface area contributed by atoms with E-state index in [1.165, 1.54) is 16.9 Å². The number of hydrogen-bond acceptors (Lipinski definition) is 4. The molecular formula is C19H23N3O2S2. The van der Waals surface area contributed by atoms with E-state index < -0.39 is 10.0 Å². The number of benzene rings is 1. The van der Waals surface area contributed by atoms with Crippen LogP contribution in [0.4, 0.5) is 0 Å². The predicted molar refractivity (Wildman–Crippen MR) is 106 cm³/mol. The Kier molecular flexibility index (Phi) is 5.90. The Balaban J connectivity index is 1.74. The SMILES string of the molecule is CC(C)n1cc(S(=O)(=O)NCCCc2ccccc2)c(-c2cccs2)n1. The fraction of sp³-hybridized carbons (Fsp3) is 0.316. The molecule has 5 nitrogen and oxygen atoms in total. The molecule has 0 radical (unpaired) electrons. The zero-order valence-corrected chi connectivity index (χ0v) is 16.6. The molecule has 0 spiro atoms. The van der Waals surface area contributed by atoms with Gasteiger partial charge in [0.2, 0.25) is 10.0 Å². The van der Waals surface area contributed by atoms with Crippen LogP contribution in [-0.4, -0.2) is 24.7 Å².